The van der Waals surface area contributed by atoms with Gasteiger partial charge in [0.05, 0.1) is 16.6 Å². The first-order valence-corrected chi connectivity index (χ1v) is 9.22. The third kappa shape index (κ3) is 3.34. The van der Waals surface area contributed by atoms with Crippen LogP contribution in [0, 0.1) is 0 Å². The van der Waals surface area contributed by atoms with Crippen LogP contribution in [0.4, 0.5) is 0 Å². The largest absolute Gasteiger partial charge is 0.290 e. The number of rotatable bonds is 4. The van der Waals surface area contributed by atoms with E-state index >= 15 is 0 Å². The van der Waals surface area contributed by atoms with Crippen molar-refractivity contribution in [3.8, 4) is 0 Å². The summed E-state index contributed by atoms with van der Waals surface area (Å²) >= 11 is 0. The SMILES string of the molecule is CS(=O)(=O)c1ccc(CN2CCC[C@H]2c2cnccn2)cc1. The molecule has 0 bridgehead atoms. The molecule has 0 aliphatic carbocycles. The predicted molar refractivity (Wildman–Crippen MR) is 84.0 cm³/mol. The van der Waals surface area contributed by atoms with Crippen molar-refractivity contribution in [1.82, 2.24) is 14.9 Å². The molecular weight excluding hydrogens is 298 g/mol. The van der Waals surface area contributed by atoms with Crippen LogP contribution in [0.25, 0.3) is 0 Å². The molecule has 0 unspecified atom stereocenters. The van der Waals surface area contributed by atoms with Gasteiger partial charge in [0.25, 0.3) is 0 Å². The highest BCUT2D eigenvalue weighted by Crippen LogP contribution is 2.31. The Balaban J connectivity index is 1.75. The first kappa shape index (κ1) is 15.1. The minimum absolute atomic E-state index is 0.295. The van der Waals surface area contributed by atoms with Gasteiger partial charge in [0, 0.05) is 31.4 Å². The summed E-state index contributed by atoms with van der Waals surface area (Å²) in [6.45, 7) is 1.82. The van der Waals surface area contributed by atoms with Gasteiger partial charge in [-0.2, -0.15) is 0 Å². The van der Waals surface area contributed by atoms with Gasteiger partial charge in [-0.3, -0.25) is 14.9 Å². The Hall–Kier alpha value is -1.79. The number of nitrogens with zero attached hydrogens (tertiary/aromatic N) is 3. The standard InChI is InChI=1S/C16H19N3O2S/c1-22(20,21)14-6-4-13(5-7-14)12-19-10-2-3-16(19)15-11-17-8-9-18-15/h4-9,11,16H,2-3,10,12H2,1H3/t16-/m0/s1. The molecule has 1 saturated heterocycles. The Morgan fingerprint density at radius 1 is 1.23 bits per heavy atom. The Kier molecular flexibility index (Phi) is 4.22. The van der Waals surface area contributed by atoms with Crippen molar-refractivity contribution < 1.29 is 8.42 Å². The third-order valence-electron chi connectivity index (χ3n) is 4.03. The monoisotopic (exact) mass is 317 g/mol. The molecule has 1 aromatic carbocycles. The van der Waals surface area contributed by atoms with Crippen molar-refractivity contribution in [2.45, 2.75) is 30.3 Å². The number of likely N-dealkylation sites (tertiary alicyclic amines) is 1. The van der Waals surface area contributed by atoms with Crippen molar-refractivity contribution in [3.63, 3.8) is 0 Å². The fraction of sp³-hybridized carbons (Fsp3) is 0.375. The van der Waals surface area contributed by atoms with Crippen molar-refractivity contribution in [3.05, 3.63) is 54.1 Å². The Bertz CT molecular complexity index is 730. The highest BCUT2D eigenvalue weighted by atomic mass is 32.2. The summed E-state index contributed by atoms with van der Waals surface area (Å²) in [5.74, 6) is 0. The number of aromatic nitrogens is 2. The molecule has 1 fully saturated rings. The lowest BCUT2D eigenvalue weighted by Crippen LogP contribution is -2.23. The molecule has 116 valence electrons. The molecule has 2 heterocycles. The van der Waals surface area contributed by atoms with Gasteiger partial charge < -0.3 is 0 Å². The van der Waals surface area contributed by atoms with Gasteiger partial charge in [0.1, 0.15) is 0 Å². The lowest BCUT2D eigenvalue weighted by atomic mass is 10.1. The van der Waals surface area contributed by atoms with Gasteiger partial charge >= 0.3 is 0 Å². The van der Waals surface area contributed by atoms with Crippen molar-refractivity contribution in [2.24, 2.45) is 0 Å². The molecule has 1 aliphatic heterocycles. The van der Waals surface area contributed by atoms with E-state index < -0.39 is 9.84 Å². The molecule has 3 rings (SSSR count). The van der Waals surface area contributed by atoms with Gasteiger partial charge in [-0.25, -0.2) is 8.42 Å². The first-order valence-electron chi connectivity index (χ1n) is 7.33. The molecule has 1 atom stereocenters. The number of sulfone groups is 1. The minimum atomic E-state index is -3.13. The fourth-order valence-corrected chi connectivity index (χ4v) is 3.54. The fourth-order valence-electron chi connectivity index (χ4n) is 2.91. The lowest BCUT2D eigenvalue weighted by Gasteiger charge is -2.23. The van der Waals surface area contributed by atoms with Crippen molar-refractivity contribution in [2.75, 3.05) is 12.8 Å². The third-order valence-corrected chi connectivity index (χ3v) is 5.15. The highest BCUT2D eigenvalue weighted by Gasteiger charge is 2.27. The van der Waals surface area contributed by atoms with E-state index in [1.54, 1.807) is 24.5 Å². The second-order valence-electron chi connectivity index (χ2n) is 5.67. The maximum absolute atomic E-state index is 11.5. The number of hydrogen-bond acceptors (Lipinski definition) is 5. The van der Waals surface area contributed by atoms with E-state index in [4.69, 9.17) is 0 Å². The maximum atomic E-state index is 11.5. The summed E-state index contributed by atoms with van der Waals surface area (Å²) in [7, 11) is -3.13. The van der Waals surface area contributed by atoms with Crippen LogP contribution in [-0.2, 0) is 16.4 Å². The Morgan fingerprint density at radius 2 is 2.00 bits per heavy atom. The van der Waals surface area contributed by atoms with Gasteiger partial charge in [-0.05, 0) is 37.1 Å². The normalized spacial score (nSPS) is 19.4. The molecule has 0 spiro atoms. The van der Waals surface area contributed by atoms with E-state index in [1.807, 2.05) is 18.3 Å². The van der Waals surface area contributed by atoms with Crippen molar-refractivity contribution >= 4 is 9.84 Å². The molecular formula is C16H19N3O2S. The molecule has 0 amide bonds. The average Bonchev–Trinajstić information content (AvgIpc) is 2.96. The van der Waals surface area contributed by atoms with Crippen LogP contribution in [0.5, 0.6) is 0 Å². The van der Waals surface area contributed by atoms with Gasteiger partial charge in [-0.1, -0.05) is 12.1 Å². The zero-order valence-corrected chi connectivity index (χ0v) is 13.3. The summed E-state index contributed by atoms with van der Waals surface area (Å²) < 4.78 is 23.0. The van der Waals surface area contributed by atoms with E-state index in [0.717, 1.165) is 37.2 Å². The highest BCUT2D eigenvalue weighted by molar-refractivity contribution is 7.90. The molecule has 6 heteroatoms. The van der Waals surface area contributed by atoms with Crippen LogP contribution >= 0.6 is 0 Å². The van der Waals surface area contributed by atoms with Gasteiger partial charge in [0.2, 0.25) is 0 Å². The molecule has 5 nitrogen and oxygen atoms in total. The minimum Gasteiger partial charge on any atom is -0.290 e. The van der Waals surface area contributed by atoms with Crippen molar-refractivity contribution in [1.29, 1.82) is 0 Å². The molecule has 0 radical (unpaired) electrons. The van der Waals surface area contributed by atoms with E-state index in [2.05, 4.69) is 14.9 Å². The predicted octanol–water partition coefficient (Wildman–Crippen LogP) is 2.22. The van der Waals surface area contributed by atoms with Gasteiger partial charge in [-0.15, -0.1) is 0 Å². The second-order valence-corrected chi connectivity index (χ2v) is 7.69. The maximum Gasteiger partial charge on any atom is 0.175 e. The summed E-state index contributed by atoms with van der Waals surface area (Å²) in [6, 6.07) is 7.43. The van der Waals surface area contributed by atoms with E-state index in [0.29, 0.717) is 10.9 Å². The summed E-state index contributed by atoms with van der Waals surface area (Å²) in [4.78, 5) is 11.3. The topological polar surface area (TPSA) is 63.2 Å². The zero-order chi connectivity index (χ0) is 15.6. The quantitative estimate of drug-likeness (QED) is 0.865. The molecule has 22 heavy (non-hydrogen) atoms. The first-order chi connectivity index (χ1) is 10.5. The van der Waals surface area contributed by atoms with Crippen LogP contribution in [0.1, 0.15) is 30.1 Å². The molecule has 0 saturated carbocycles. The molecule has 1 aromatic heterocycles. The van der Waals surface area contributed by atoms with Crippen LogP contribution < -0.4 is 0 Å². The van der Waals surface area contributed by atoms with Crippen LogP contribution in [0.15, 0.2) is 47.8 Å². The van der Waals surface area contributed by atoms with E-state index in [9.17, 15) is 8.42 Å². The summed E-state index contributed by atoms with van der Waals surface area (Å²) in [5, 5.41) is 0. The lowest BCUT2D eigenvalue weighted by molar-refractivity contribution is 0.244. The zero-order valence-electron chi connectivity index (χ0n) is 12.5. The average molecular weight is 317 g/mol. The molecule has 0 N–H and O–H groups in total. The van der Waals surface area contributed by atoms with E-state index in [1.165, 1.54) is 6.26 Å². The van der Waals surface area contributed by atoms with Crippen LogP contribution in [-0.4, -0.2) is 36.1 Å². The Labute approximate surface area is 130 Å². The smallest absolute Gasteiger partial charge is 0.175 e. The van der Waals surface area contributed by atoms with Crippen LogP contribution in [0.3, 0.4) is 0 Å². The molecule has 1 aliphatic rings. The van der Waals surface area contributed by atoms with E-state index in [-0.39, 0.29) is 0 Å². The van der Waals surface area contributed by atoms with Crippen LogP contribution in [0.2, 0.25) is 0 Å². The van der Waals surface area contributed by atoms with Gasteiger partial charge in [0.15, 0.2) is 9.84 Å². The number of benzene rings is 1. The Morgan fingerprint density at radius 3 is 2.64 bits per heavy atom. The summed E-state index contributed by atoms with van der Waals surface area (Å²) in [5.41, 5.74) is 2.12. The molecule has 2 aromatic rings. The second kappa shape index (κ2) is 6.14. The summed E-state index contributed by atoms with van der Waals surface area (Å²) in [6.07, 6.45) is 8.70. The number of hydrogen-bond donors (Lipinski definition) is 0.